The molecule has 0 amide bonds. The maximum absolute atomic E-state index is 13.1. The Morgan fingerprint density at radius 2 is 1.77 bits per heavy atom. The zero-order chi connectivity index (χ0) is 26.1. The SMILES string of the molecule is CCC1(c2cccc([N+](=O)[O-])c2)C(C(=O)O)=C(C)N(C)C(C)(N(C)Cc2ccccc2)C1C(=O)O. The molecule has 9 heteroatoms. The van der Waals surface area contributed by atoms with Crippen molar-refractivity contribution in [3.8, 4) is 0 Å². The van der Waals surface area contributed by atoms with Crippen molar-refractivity contribution in [2.75, 3.05) is 14.1 Å². The molecule has 9 nitrogen and oxygen atoms in total. The molecule has 0 radical (unpaired) electrons. The first-order valence-electron chi connectivity index (χ1n) is 11.3. The van der Waals surface area contributed by atoms with Crippen molar-refractivity contribution < 1.29 is 24.7 Å². The van der Waals surface area contributed by atoms with Crippen LogP contribution in [0.1, 0.15) is 38.3 Å². The molecule has 3 unspecified atom stereocenters. The second-order valence-corrected chi connectivity index (χ2v) is 9.16. The Kier molecular flexibility index (Phi) is 7.03. The topological polar surface area (TPSA) is 124 Å². The number of nitro groups is 1. The van der Waals surface area contributed by atoms with E-state index >= 15 is 0 Å². The molecule has 186 valence electrons. The quantitative estimate of drug-likeness (QED) is 0.427. The number of hydrogen-bond acceptors (Lipinski definition) is 6. The third kappa shape index (κ3) is 4.05. The maximum atomic E-state index is 13.1. The van der Waals surface area contributed by atoms with Gasteiger partial charge in [0, 0.05) is 36.8 Å². The van der Waals surface area contributed by atoms with Gasteiger partial charge in [0.05, 0.1) is 10.5 Å². The smallest absolute Gasteiger partial charge is 0.334 e. The van der Waals surface area contributed by atoms with E-state index in [0.29, 0.717) is 17.8 Å². The van der Waals surface area contributed by atoms with E-state index in [1.807, 2.05) is 42.3 Å². The number of carboxylic acid groups (broad SMARTS) is 2. The van der Waals surface area contributed by atoms with Crippen LogP contribution in [-0.4, -0.2) is 56.6 Å². The average molecular weight is 482 g/mol. The molecule has 35 heavy (non-hydrogen) atoms. The third-order valence-electron chi connectivity index (χ3n) is 7.66. The van der Waals surface area contributed by atoms with Gasteiger partial charge in [0.2, 0.25) is 0 Å². The molecule has 2 aromatic carbocycles. The van der Waals surface area contributed by atoms with Gasteiger partial charge in [-0.1, -0.05) is 49.4 Å². The average Bonchev–Trinajstić information content (AvgIpc) is 2.82. The number of nitrogens with zero attached hydrogens (tertiary/aromatic N) is 3. The maximum Gasteiger partial charge on any atom is 0.334 e. The van der Waals surface area contributed by atoms with Crippen LogP contribution in [0.25, 0.3) is 0 Å². The number of carbonyl (C=O) groups is 2. The summed E-state index contributed by atoms with van der Waals surface area (Å²) in [6, 6.07) is 15.3. The Hall–Kier alpha value is -3.72. The van der Waals surface area contributed by atoms with E-state index in [2.05, 4.69) is 0 Å². The summed E-state index contributed by atoms with van der Waals surface area (Å²) in [5.74, 6) is -3.70. The van der Waals surface area contributed by atoms with Gasteiger partial charge in [-0.05, 0) is 38.4 Å². The summed E-state index contributed by atoms with van der Waals surface area (Å²) in [4.78, 5) is 40.4. The van der Waals surface area contributed by atoms with E-state index < -0.39 is 33.9 Å². The summed E-state index contributed by atoms with van der Waals surface area (Å²) in [7, 11) is 3.51. The molecule has 1 aliphatic heterocycles. The van der Waals surface area contributed by atoms with E-state index in [1.54, 1.807) is 38.8 Å². The molecule has 2 aromatic rings. The van der Waals surface area contributed by atoms with Crippen LogP contribution in [0, 0.1) is 16.0 Å². The predicted octanol–water partition coefficient (Wildman–Crippen LogP) is 4.10. The first kappa shape index (κ1) is 25.9. The van der Waals surface area contributed by atoms with Crippen molar-refractivity contribution in [2.45, 2.75) is 44.8 Å². The third-order valence-corrected chi connectivity index (χ3v) is 7.66. The van der Waals surface area contributed by atoms with Crippen molar-refractivity contribution in [3.05, 3.63) is 87.1 Å². The minimum absolute atomic E-state index is 0.0685. The van der Waals surface area contributed by atoms with Gasteiger partial charge in [-0.3, -0.25) is 19.8 Å². The normalized spacial score (nSPS) is 24.5. The van der Waals surface area contributed by atoms with Gasteiger partial charge in [0.15, 0.2) is 0 Å². The second-order valence-electron chi connectivity index (χ2n) is 9.16. The number of carboxylic acids is 2. The predicted molar refractivity (Wildman–Crippen MR) is 131 cm³/mol. The number of rotatable bonds is 8. The summed E-state index contributed by atoms with van der Waals surface area (Å²) in [6.45, 7) is 5.60. The van der Waals surface area contributed by atoms with E-state index in [0.717, 1.165) is 5.56 Å². The van der Waals surface area contributed by atoms with Crippen molar-refractivity contribution in [1.29, 1.82) is 0 Å². The van der Waals surface area contributed by atoms with Crippen LogP contribution in [0.15, 0.2) is 65.9 Å². The fourth-order valence-electron chi connectivity index (χ4n) is 5.71. The highest BCUT2D eigenvalue weighted by Crippen LogP contribution is 2.55. The molecule has 2 N–H and O–H groups in total. The highest BCUT2D eigenvalue weighted by molar-refractivity contribution is 5.94. The molecule has 0 saturated heterocycles. The van der Waals surface area contributed by atoms with Crippen LogP contribution in [-0.2, 0) is 21.5 Å². The minimum atomic E-state index is -1.53. The monoisotopic (exact) mass is 481 g/mol. The van der Waals surface area contributed by atoms with Gasteiger partial charge >= 0.3 is 11.9 Å². The summed E-state index contributed by atoms with van der Waals surface area (Å²) in [5.41, 5.74) is -1.32. The van der Waals surface area contributed by atoms with Gasteiger partial charge in [0.1, 0.15) is 11.6 Å². The van der Waals surface area contributed by atoms with Gasteiger partial charge in [-0.15, -0.1) is 0 Å². The summed E-state index contributed by atoms with van der Waals surface area (Å²) in [5, 5.41) is 32.6. The number of aliphatic carboxylic acids is 2. The molecule has 0 aromatic heterocycles. The molecule has 1 heterocycles. The first-order chi connectivity index (χ1) is 16.4. The molecule has 3 atom stereocenters. The second kappa shape index (κ2) is 9.50. The molecule has 1 aliphatic rings. The summed E-state index contributed by atoms with van der Waals surface area (Å²) in [6.07, 6.45) is 0.118. The Bertz CT molecular complexity index is 1180. The Balaban J connectivity index is 2.37. The zero-order valence-corrected chi connectivity index (χ0v) is 20.6. The summed E-state index contributed by atoms with van der Waals surface area (Å²) >= 11 is 0. The first-order valence-corrected chi connectivity index (χ1v) is 11.3. The van der Waals surface area contributed by atoms with Crippen molar-refractivity contribution >= 4 is 17.6 Å². The Morgan fingerprint density at radius 3 is 2.29 bits per heavy atom. The lowest BCUT2D eigenvalue weighted by Gasteiger charge is -2.59. The van der Waals surface area contributed by atoms with Gasteiger partial charge in [0.25, 0.3) is 5.69 Å². The molecule has 0 bridgehead atoms. The van der Waals surface area contributed by atoms with E-state index in [9.17, 15) is 29.9 Å². The van der Waals surface area contributed by atoms with Gasteiger partial charge in [-0.25, -0.2) is 4.79 Å². The standard InChI is InChI=1S/C26H31N3O6/c1-6-26(19-13-10-14-20(15-19)29(34)35)21(23(30)31)17(2)28(5)25(3,22(26)24(32)33)27(4)16-18-11-8-7-9-12-18/h7-15,22H,6,16H2,1-5H3,(H,30,31)(H,32,33). The molecule has 0 fully saturated rings. The lowest BCUT2D eigenvalue weighted by Crippen LogP contribution is -2.70. The van der Waals surface area contributed by atoms with Gasteiger partial charge < -0.3 is 15.1 Å². The lowest BCUT2D eigenvalue weighted by atomic mass is 9.56. The number of hydrogen-bond donors (Lipinski definition) is 2. The number of nitro benzene ring substituents is 1. The Morgan fingerprint density at radius 1 is 1.14 bits per heavy atom. The fraction of sp³-hybridized carbons (Fsp3) is 0.385. The van der Waals surface area contributed by atoms with E-state index in [4.69, 9.17) is 0 Å². The Labute approximate surface area is 204 Å². The number of benzene rings is 2. The van der Waals surface area contributed by atoms with Gasteiger partial charge in [-0.2, -0.15) is 0 Å². The zero-order valence-electron chi connectivity index (χ0n) is 20.6. The van der Waals surface area contributed by atoms with Crippen molar-refractivity contribution in [2.24, 2.45) is 5.92 Å². The molecular formula is C26H31N3O6. The molecule has 3 rings (SSSR count). The molecular weight excluding hydrogens is 450 g/mol. The van der Waals surface area contributed by atoms with Crippen molar-refractivity contribution in [3.63, 3.8) is 0 Å². The van der Waals surface area contributed by atoms with Crippen LogP contribution in [0.5, 0.6) is 0 Å². The van der Waals surface area contributed by atoms with Crippen LogP contribution in [0.4, 0.5) is 5.69 Å². The highest BCUT2D eigenvalue weighted by atomic mass is 16.6. The van der Waals surface area contributed by atoms with Crippen LogP contribution < -0.4 is 0 Å². The number of allylic oxidation sites excluding steroid dienone is 1. The molecule has 0 spiro atoms. The van der Waals surface area contributed by atoms with Crippen LogP contribution >= 0.6 is 0 Å². The van der Waals surface area contributed by atoms with Crippen LogP contribution in [0.3, 0.4) is 0 Å². The highest BCUT2D eigenvalue weighted by Gasteiger charge is 2.63. The van der Waals surface area contributed by atoms with E-state index in [1.165, 1.54) is 18.2 Å². The summed E-state index contributed by atoms with van der Waals surface area (Å²) < 4.78 is 0. The molecule has 0 saturated carbocycles. The van der Waals surface area contributed by atoms with Crippen LogP contribution in [0.2, 0.25) is 0 Å². The van der Waals surface area contributed by atoms with E-state index in [-0.39, 0.29) is 17.7 Å². The molecule has 0 aliphatic carbocycles. The number of non-ortho nitro benzene ring substituents is 1. The lowest BCUT2D eigenvalue weighted by molar-refractivity contribution is -0.385. The van der Waals surface area contributed by atoms with Crippen molar-refractivity contribution in [1.82, 2.24) is 9.80 Å². The minimum Gasteiger partial charge on any atom is -0.481 e. The largest absolute Gasteiger partial charge is 0.481 e. The fourth-order valence-corrected chi connectivity index (χ4v) is 5.71.